The molecular formula is C16H14N2O3. The molecule has 4 atom stereocenters. The van der Waals surface area contributed by atoms with E-state index in [1.165, 1.54) is 4.90 Å². The molecule has 3 aliphatic heterocycles. The van der Waals surface area contributed by atoms with E-state index in [0.29, 0.717) is 5.69 Å². The van der Waals surface area contributed by atoms with Crippen molar-refractivity contribution in [1.82, 2.24) is 4.98 Å². The van der Waals surface area contributed by atoms with E-state index < -0.39 is 0 Å². The first-order valence-corrected chi connectivity index (χ1v) is 7.34. The molecule has 0 saturated carbocycles. The number of aromatic amines is 1. The van der Waals surface area contributed by atoms with E-state index >= 15 is 0 Å². The van der Waals surface area contributed by atoms with Crippen molar-refractivity contribution in [2.24, 2.45) is 11.8 Å². The zero-order chi connectivity index (χ0) is 14.1. The summed E-state index contributed by atoms with van der Waals surface area (Å²) >= 11 is 0. The summed E-state index contributed by atoms with van der Waals surface area (Å²) in [6.45, 7) is 0. The molecule has 0 aliphatic carbocycles. The lowest BCUT2D eigenvalue weighted by atomic mass is 9.81. The Balaban J connectivity index is 1.60. The molecule has 0 spiro atoms. The highest BCUT2D eigenvalue weighted by molar-refractivity contribution is 6.23. The highest BCUT2D eigenvalue weighted by atomic mass is 16.5. The second kappa shape index (κ2) is 3.74. The van der Waals surface area contributed by atoms with Crippen LogP contribution in [0.4, 0.5) is 5.69 Å². The Kier molecular flexibility index (Phi) is 2.05. The Morgan fingerprint density at radius 3 is 2.48 bits per heavy atom. The first-order valence-electron chi connectivity index (χ1n) is 7.34. The number of carbonyl (C=O) groups is 2. The second-order valence-electron chi connectivity index (χ2n) is 6.10. The predicted molar refractivity (Wildman–Crippen MR) is 75.7 cm³/mol. The molecule has 0 radical (unpaired) electrons. The van der Waals surface area contributed by atoms with Crippen molar-refractivity contribution >= 4 is 28.4 Å². The Bertz CT molecular complexity index is 753. The van der Waals surface area contributed by atoms with Gasteiger partial charge in [0.25, 0.3) is 0 Å². The van der Waals surface area contributed by atoms with Gasteiger partial charge in [-0.3, -0.25) is 9.59 Å². The molecule has 21 heavy (non-hydrogen) atoms. The number of benzene rings is 1. The zero-order valence-corrected chi connectivity index (χ0v) is 11.3. The van der Waals surface area contributed by atoms with E-state index in [9.17, 15) is 9.59 Å². The summed E-state index contributed by atoms with van der Waals surface area (Å²) in [4.78, 5) is 29.8. The maximum absolute atomic E-state index is 12.7. The summed E-state index contributed by atoms with van der Waals surface area (Å²) in [6, 6.07) is 7.58. The van der Waals surface area contributed by atoms with Gasteiger partial charge in [0.15, 0.2) is 0 Å². The molecule has 3 fully saturated rings. The molecule has 5 nitrogen and oxygen atoms in total. The van der Waals surface area contributed by atoms with Gasteiger partial charge in [-0.1, -0.05) is 0 Å². The van der Waals surface area contributed by atoms with E-state index in [4.69, 9.17) is 4.74 Å². The van der Waals surface area contributed by atoms with Crippen LogP contribution in [0.25, 0.3) is 10.9 Å². The van der Waals surface area contributed by atoms with Gasteiger partial charge in [-0.25, -0.2) is 4.90 Å². The van der Waals surface area contributed by atoms with Crippen LogP contribution in [0.5, 0.6) is 0 Å². The van der Waals surface area contributed by atoms with Crippen LogP contribution in [0, 0.1) is 11.8 Å². The van der Waals surface area contributed by atoms with Crippen LogP contribution in [0.2, 0.25) is 0 Å². The Morgan fingerprint density at radius 2 is 1.76 bits per heavy atom. The van der Waals surface area contributed by atoms with Gasteiger partial charge in [0.05, 0.1) is 29.7 Å². The van der Waals surface area contributed by atoms with Crippen molar-refractivity contribution in [2.75, 3.05) is 4.90 Å². The van der Waals surface area contributed by atoms with Crippen molar-refractivity contribution in [2.45, 2.75) is 25.0 Å². The molecule has 3 saturated heterocycles. The van der Waals surface area contributed by atoms with Crippen LogP contribution in [-0.4, -0.2) is 29.0 Å². The van der Waals surface area contributed by atoms with Crippen LogP contribution in [0.1, 0.15) is 12.8 Å². The van der Waals surface area contributed by atoms with Gasteiger partial charge < -0.3 is 9.72 Å². The van der Waals surface area contributed by atoms with Crippen LogP contribution in [0.15, 0.2) is 30.5 Å². The van der Waals surface area contributed by atoms with Gasteiger partial charge in [-0.2, -0.15) is 0 Å². The lowest BCUT2D eigenvalue weighted by Gasteiger charge is -2.17. The number of hydrogen-bond donors (Lipinski definition) is 1. The summed E-state index contributed by atoms with van der Waals surface area (Å²) in [5.74, 6) is -0.712. The minimum absolute atomic E-state index is 0.0579. The van der Waals surface area contributed by atoms with E-state index in [-0.39, 0.29) is 35.9 Å². The number of H-pyrrole nitrogens is 1. The molecule has 106 valence electrons. The van der Waals surface area contributed by atoms with Gasteiger partial charge in [0.1, 0.15) is 0 Å². The Hall–Kier alpha value is -2.14. The molecule has 1 aromatic heterocycles. The summed E-state index contributed by atoms with van der Waals surface area (Å²) in [7, 11) is 0. The average Bonchev–Trinajstić information content (AvgIpc) is 3.22. The maximum Gasteiger partial charge on any atom is 0.240 e. The first-order chi connectivity index (χ1) is 10.2. The largest absolute Gasteiger partial charge is 0.373 e. The normalized spacial score (nSPS) is 34.2. The fraction of sp³-hybridized carbons (Fsp3) is 0.375. The number of fused-ring (bicyclic) bond motifs is 6. The zero-order valence-electron chi connectivity index (χ0n) is 11.3. The molecule has 5 heteroatoms. The molecule has 5 rings (SSSR count). The third-order valence-corrected chi connectivity index (χ3v) is 5.08. The number of anilines is 1. The first kappa shape index (κ1) is 11.5. The van der Waals surface area contributed by atoms with E-state index in [2.05, 4.69) is 4.98 Å². The SMILES string of the molecule is O=C1[C@@H]2[C@H](C(=O)N1c1ccc3[nH]ccc3c1)[C@H]1CC[C@@H]2O1. The summed E-state index contributed by atoms with van der Waals surface area (Å²) < 4.78 is 5.75. The molecule has 2 aromatic rings. The maximum atomic E-state index is 12.7. The van der Waals surface area contributed by atoms with Crippen molar-refractivity contribution in [1.29, 1.82) is 0 Å². The Labute approximate surface area is 120 Å². The monoisotopic (exact) mass is 282 g/mol. The van der Waals surface area contributed by atoms with Gasteiger partial charge in [-0.05, 0) is 37.1 Å². The number of nitrogens with one attached hydrogen (secondary N) is 1. The van der Waals surface area contributed by atoms with Crippen molar-refractivity contribution in [3.8, 4) is 0 Å². The van der Waals surface area contributed by atoms with Gasteiger partial charge in [-0.15, -0.1) is 0 Å². The van der Waals surface area contributed by atoms with Gasteiger partial charge in [0, 0.05) is 17.1 Å². The number of carbonyl (C=O) groups excluding carboxylic acids is 2. The molecule has 1 N–H and O–H groups in total. The predicted octanol–water partition coefficient (Wildman–Crippen LogP) is 1.83. The van der Waals surface area contributed by atoms with Crippen molar-refractivity contribution < 1.29 is 14.3 Å². The second-order valence-corrected chi connectivity index (χ2v) is 6.10. The Morgan fingerprint density at radius 1 is 1.05 bits per heavy atom. The highest BCUT2D eigenvalue weighted by Crippen LogP contribution is 2.49. The van der Waals surface area contributed by atoms with E-state index in [1.807, 2.05) is 30.5 Å². The number of amides is 2. The minimum Gasteiger partial charge on any atom is -0.373 e. The van der Waals surface area contributed by atoms with E-state index in [0.717, 1.165) is 23.7 Å². The molecule has 4 heterocycles. The standard InChI is InChI=1S/C16H14N2O3/c19-15-13-11-3-4-12(21-11)14(13)16(20)18(15)9-1-2-10-8(7-9)5-6-17-10/h1-2,5-7,11-14,17H,3-4H2/t11-,12+,13-,14+. The highest BCUT2D eigenvalue weighted by Gasteiger charge is 2.62. The van der Waals surface area contributed by atoms with Crippen LogP contribution in [-0.2, 0) is 14.3 Å². The minimum atomic E-state index is -0.266. The fourth-order valence-electron chi connectivity index (χ4n) is 4.15. The number of nitrogens with zero attached hydrogens (tertiary/aromatic N) is 1. The van der Waals surface area contributed by atoms with Crippen molar-refractivity contribution in [3.63, 3.8) is 0 Å². The summed E-state index contributed by atoms with van der Waals surface area (Å²) in [5, 5.41) is 1.00. The molecule has 1 aromatic carbocycles. The molecule has 3 aliphatic rings. The molecule has 0 unspecified atom stereocenters. The van der Waals surface area contributed by atoms with Gasteiger partial charge in [0.2, 0.25) is 11.8 Å². The van der Waals surface area contributed by atoms with Gasteiger partial charge >= 0.3 is 0 Å². The molecule has 2 amide bonds. The number of hydrogen-bond acceptors (Lipinski definition) is 3. The summed E-state index contributed by atoms with van der Waals surface area (Å²) in [5.41, 5.74) is 1.67. The van der Waals surface area contributed by atoms with E-state index in [1.54, 1.807) is 0 Å². The summed E-state index contributed by atoms with van der Waals surface area (Å²) in [6.07, 6.45) is 3.53. The topological polar surface area (TPSA) is 62.4 Å². The lowest BCUT2D eigenvalue weighted by Crippen LogP contribution is -2.34. The fourth-order valence-corrected chi connectivity index (χ4v) is 4.15. The molecular weight excluding hydrogens is 268 g/mol. The molecule has 2 bridgehead atoms. The third kappa shape index (κ3) is 1.34. The lowest BCUT2D eigenvalue weighted by molar-refractivity contribution is -0.124. The van der Waals surface area contributed by atoms with Crippen molar-refractivity contribution in [3.05, 3.63) is 30.5 Å². The average molecular weight is 282 g/mol. The number of rotatable bonds is 1. The number of ether oxygens (including phenoxy) is 1. The number of aromatic nitrogens is 1. The smallest absolute Gasteiger partial charge is 0.240 e. The van der Waals surface area contributed by atoms with Crippen LogP contribution < -0.4 is 4.90 Å². The quantitative estimate of drug-likeness (QED) is 0.812. The van der Waals surface area contributed by atoms with Crippen LogP contribution in [0.3, 0.4) is 0 Å². The van der Waals surface area contributed by atoms with Crippen LogP contribution >= 0.6 is 0 Å². The number of imide groups is 1. The third-order valence-electron chi connectivity index (χ3n) is 5.08.